The van der Waals surface area contributed by atoms with E-state index in [1.165, 1.54) is 77.0 Å². The van der Waals surface area contributed by atoms with Gasteiger partial charge in [-0.05, 0) is 48.9 Å². The maximum Gasteiger partial charge on any atom is -0.0267 e. The molecule has 2 aliphatic rings. The van der Waals surface area contributed by atoms with Crippen molar-refractivity contribution in [1.29, 1.82) is 0 Å². The van der Waals surface area contributed by atoms with E-state index in [0.29, 0.717) is 5.41 Å². The smallest absolute Gasteiger partial charge is 0.0267 e. The predicted molar refractivity (Wildman–Crippen MR) is 104 cm³/mol. The average molecular weight is 321 g/mol. The fourth-order valence-corrected chi connectivity index (χ4v) is 6.12. The Labute approximate surface area is 147 Å². The SMILES string of the molecule is CCCCCC1CCCC(C)(C2CCCCC2)C1CCCCC. The molecule has 0 spiro atoms. The van der Waals surface area contributed by atoms with E-state index in [1.54, 1.807) is 25.7 Å². The third kappa shape index (κ3) is 5.23. The summed E-state index contributed by atoms with van der Waals surface area (Å²) in [7, 11) is 0. The quantitative estimate of drug-likeness (QED) is 0.376. The van der Waals surface area contributed by atoms with Gasteiger partial charge in [-0.1, -0.05) is 97.8 Å². The molecule has 2 rings (SSSR count). The summed E-state index contributed by atoms with van der Waals surface area (Å²) in [6.07, 6.45) is 24.0. The van der Waals surface area contributed by atoms with E-state index in [4.69, 9.17) is 0 Å². The molecular weight excluding hydrogens is 276 g/mol. The Morgan fingerprint density at radius 2 is 1.39 bits per heavy atom. The zero-order valence-electron chi connectivity index (χ0n) is 16.5. The second-order valence-corrected chi connectivity index (χ2v) is 9.09. The lowest BCUT2D eigenvalue weighted by Crippen LogP contribution is -2.43. The maximum absolute atomic E-state index is 2.73. The van der Waals surface area contributed by atoms with Crippen molar-refractivity contribution < 1.29 is 0 Å². The molecule has 0 radical (unpaired) electrons. The normalized spacial score (nSPS) is 33.0. The van der Waals surface area contributed by atoms with Gasteiger partial charge in [0.25, 0.3) is 0 Å². The van der Waals surface area contributed by atoms with Crippen LogP contribution < -0.4 is 0 Å². The second-order valence-electron chi connectivity index (χ2n) is 9.09. The van der Waals surface area contributed by atoms with E-state index in [-0.39, 0.29) is 0 Å². The van der Waals surface area contributed by atoms with Gasteiger partial charge in [0, 0.05) is 0 Å². The van der Waals surface area contributed by atoms with Crippen molar-refractivity contribution >= 4 is 0 Å². The van der Waals surface area contributed by atoms with Crippen LogP contribution in [0.4, 0.5) is 0 Å². The summed E-state index contributed by atoms with van der Waals surface area (Å²) in [5.74, 6) is 3.15. The molecule has 0 aromatic rings. The van der Waals surface area contributed by atoms with E-state index in [1.807, 2.05) is 0 Å². The van der Waals surface area contributed by atoms with Crippen LogP contribution in [0.15, 0.2) is 0 Å². The predicted octanol–water partition coefficient (Wildman–Crippen LogP) is 8.15. The van der Waals surface area contributed by atoms with Gasteiger partial charge in [0.05, 0.1) is 0 Å². The molecule has 136 valence electrons. The molecule has 0 N–H and O–H groups in total. The first-order valence-corrected chi connectivity index (χ1v) is 11.2. The molecule has 2 fully saturated rings. The fourth-order valence-electron chi connectivity index (χ4n) is 6.12. The lowest BCUT2D eigenvalue weighted by Gasteiger charge is -2.52. The first-order valence-electron chi connectivity index (χ1n) is 11.2. The monoisotopic (exact) mass is 320 g/mol. The molecular formula is C23H44. The van der Waals surface area contributed by atoms with Crippen LogP contribution in [0.2, 0.25) is 0 Å². The van der Waals surface area contributed by atoms with E-state index >= 15 is 0 Å². The molecule has 3 unspecified atom stereocenters. The van der Waals surface area contributed by atoms with Crippen molar-refractivity contribution in [2.75, 3.05) is 0 Å². The number of unbranched alkanes of at least 4 members (excludes halogenated alkanes) is 4. The topological polar surface area (TPSA) is 0 Å². The molecule has 2 saturated carbocycles. The third-order valence-corrected chi connectivity index (χ3v) is 7.54. The van der Waals surface area contributed by atoms with Gasteiger partial charge in [-0.15, -0.1) is 0 Å². The van der Waals surface area contributed by atoms with Crippen LogP contribution in [-0.2, 0) is 0 Å². The summed E-state index contributed by atoms with van der Waals surface area (Å²) < 4.78 is 0. The van der Waals surface area contributed by atoms with Gasteiger partial charge in [0.2, 0.25) is 0 Å². The van der Waals surface area contributed by atoms with Crippen molar-refractivity contribution in [1.82, 2.24) is 0 Å². The van der Waals surface area contributed by atoms with Crippen molar-refractivity contribution in [2.24, 2.45) is 23.2 Å². The van der Waals surface area contributed by atoms with E-state index in [2.05, 4.69) is 20.8 Å². The minimum Gasteiger partial charge on any atom is -0.0654 e. The van der Waals surface area contributed by atoms with Gasteiger partial charge in [0.1, 0.15) is 0 Å². The highest BCUT2D eigenvalue weighted by molar-refractivity contribution is 4.95. The summed E-state index contributed by atoms with van der Waals surface area (Å²) in [6.45, 7) is 7.44. The standard InChI is InChI=1S/C23H44/c1-4-6-9-14-20-15-13-19-23(3,21-16-11-8-12-17-21)22(20)18-10-7-5-2/h20-22H,4-19H2,1-3H3. The molecule has 2 aliphatic carbocycles. The fraction of sp³-hybridized carbons (Fsp3) is 1.00. The van der Waals surface area contributed by atoms with Crippen molar-refractivity contribution in [3.05, 3.63) is 0 Å². The number of hydrogen-bond acceptors (Lipinski definition) is 0. The molecule has 0 amide bonds. The molecule has 0 aromatic heterocycles. The Balaban J connectivity index is 2.05. The summed E-state index contributed by atoms with van der Waals surface area (Å²) in [5.41, 5.74) is 0.684. The molecule has 0 nitrogen and oxygen atoms in total. The number of hydrogen-bond donors (Lipinski definition) is 0. The molecule has 0 bridgehead atoms. The molecule has 23 heavy (non-hydrogen) atoms. The molecule has 0 saturated heterocycles. The van der Waals surface area contributed by atoms with Crippen LogP contribution in [-0.4, -0.2) is 0 Å². The van der Waals surface area contributed by atoms with Gasteiger partial charge in [-0.3, -0.25) is 0 Å². The van der Waals surface area contributed by atoms with Gasteiger partial charge in [0.15, 0.2) is 0 Å². The molecule has 0 heteroatoms. The Morgan fingerprint density at radius 1 is 0.739 bits per heavy atom. The molecule has 0 aliphatic heterocycles. The lowest BCUT2D eigenvalue weighted by molar-refractivity contribution is -0.0227. The third-order valence-electron chi connectivity index (χ3n) is 7.54. The van der Waals surface area contributed by atoms with Crippen LogP contribution in [0.3, 0.4) is 0 Å². The van der Waals surface area contributed by atoms with Gasteiger partial charge in [-0.2, -0.15) is 0 Å². The van der Waals surface area contributed by atoms with Crippen LogP contribution in [0.1, 0.15) is 124 Å². The Hall–Kier alpha value is 0. The van der Waals surface area contributed by atoms with Gasteiger partial charge >= 0.3 is 0 Å². The summed E-state index contributed by atoms with van der Waals surface area (Å²) in [6, 6.07) is 0. The molecule has 0 aromatic carbocycles. The summed E-state index contributed by atoms with van der Waals surface area (Å²) >= 11 is 0. The van der Waals surface area contributed by atoms with Crippen LogP contribution in [0, 0.1) is 23.2 Å². The highest BCUT2D eigenvalue weighted by Crippen LogP contribution is 2.55. The second kappa shape index (κ2) is 10.1. The van der Waals surface area contributed by atoms with Crippen molar-refractivity contribution in [3.63, 3.8) is 0 Å². The highest BCUT2D eigenvalue weighted by atomic mass is 14.5. The van der Waals surface area contributed by atoms with Crippen LogP contribution >= 0.6 is 0 Å². The first kappa shape index (κ1) is 19.3. The zero-order chi connectivity index (χ0) is 16.5. The minimum absolute atomic E-state index is 0.684. The van der Waals surface area contributed by atoms with Crippen molar-refractivity contribution in [3.8, 4) is 0 Å². The lowest BCUT2D eigenvalue weighted by atomic mass is 9.53. The highest BCUT2D eigenvalue weighted by Gasteiger charge is 2.45. The number of rotatable bonds is 9. The molecule has 0 heterocycles. The Bertz CT molecular complexity index is 301. The average Bonchev–Trinajstić information content (AvgIpc) is 2.58. The van der Waals surface area contributed by atoms with E-state index in [0.717, 1.165) is 17.8 Å². The van der Waals surface area contributed by atoms with E-state index in [9.17, 15) is 0 Å². The summed E-state index contributed by atoms with van der Waals surface area (Å²) in [4.78, 5) is 0. The molecule has 3 atom stereocenters. The largest absolute Gasteiger partial charge is 0.0654 e. The van der Waals surface area contributed by atoms with Crippen LogP contribution in [0.5, 0.6) is 0 Å². The zero-order valence-corrected chi connectivity index (χ0v) is 16.5. The van der Waals surface area contributed by atoms with Crippen LogP contribution in [0.25, 0.3) is 0 Å². The van der Waals surface area contributed by atoms with E-state index < -0.39 is 0 Å². The van der Waals surface area contributed by atoms with Crippen molar-refractivity contribution in [2.45, 2.75) is 124 Å². The maximum atomic E-state index is 2.73. The van der Waals surface area contributed by atoms with Gasteiger partial charge in [-0.25, -0.2) is 0 Å². The van der Waals surface area contributed by atoms with Gasteiger partial charge < -0.3 is 0 Å². The minimum atomic E-state index is 0.684. The Morgan fingerprint density at radius 3 is 2.04 bits per heavy atom. The Kier molecular flexibility index (Phi) is 8.48. The summed E-state index contributed by atoms with van der Waals surface area (Å²) in [5, 5.41) is 0. The first-order chi connectivity index (χ1) is 11.2.